The van der Waals surface area contributed by atoms with E-state index in [0.29, 0.717) is 41.1 Å². The van der Waals surface area contributed by atoms with Crippen molar-refractivity contribution in [1.29, 1.82) is 0 Å². The molecule has 0 aliphatic heterocycles. The lowest BCUT2D eigenvalue weighted by molar-refractivity contribution is -0.111. The maximum atomic E-state index is 11.8. The number of carbonyl (C=O) groups excluding carboxylic acids is 1. The van der Waals surface area contributed by atoms with Crippen LogP contribution in [-0.4, -0.2) is 54.4 Å². The van der Waals surface area contributed by atoms with Crippen molar-refractivity contribution in [3.05, 3.63) is 59.5 Å². The summed E-state index contributed by atoms with van der Waals surface area (Å²) >= 11 is 6.42. The van der Waals surface area contributed by atoms with Crippen molar-refractivity contribution in [3.8, 4) is 0 Å². The van der Waals surface area contributed by atoms with Crippen LogP contribution in [-0.2, 0) is 22.5 Å². The number of amides is 1. The van der Waals surface area contributed by atoms with E-state index in [1.54, 1.807) is 28.9 Å². The first-order chi connectivity index (χ1) is 16.6. The summed E-state index contributed by atoms with van der Waals surface area (Å²) in [6.45, 7) is 4.55. The third kappa shape index (κ3) is 3.99. The number of benzene rings is 1. The Morgan fingerprint density at radius 1 is 1.35 bits per heavy atom. The van der Waals surface area contributed by atoms with Crippen LogP contribution in [0.1, 0.15) is 23.6 Å². The largest absolute Gasteiger partial charge is 0.383 e. The second-order valence-electron chi connectivity index (χ2n) is 7.75. The van der Waals surface area contributed by atoms with E-state index in [2.05, 4.69) is 42.6 Å². The molecule has 1 atom stereocenters. The molecule has 0 radical (unpaired) electrons. The molecule has 5 rings (SSSR count). The fourth-order valence-corrected chi connectivity index (χ4v) is 4.33. The molecule has 34 heavy (non-hydrogen) atoms. The molecular weight excluding hydrogens is 458 g/mol. The Bertz CT molecular complexity index is 1380. The summed E-state index contributed by atoms with van der Waals surface area (Å²) in [4.78, 5) is 20.8. The number of rotatable bonds is 8. The molecule has 12 heteroatoms. The van der Waals surface area contributed by atoms with Crippen LogP contribution in [0, 0.1) is 0 Å². The first-order valence-electron chi connectivity index (χ1n) is 10.7. The highest BCUT2D eigenvalue weighted by atomic mass is 35.5. The summed E-state index contributed by atoms with van der Waals surface area (Å²) < 4.78 is 8.52. The molecule has 11 nitrogen and oxygen atoms in total. The van der Waals surface area contributed by atoms with Gasteiger partial charge in [-0.1, -0.05) is 35.5 Å². The summed E-state index contributed by atoms with van der Waals surface area (Å²) in [5, 5.41) is 19.3. The average Bonchev–Trinajstić information content (AvgIpc) is 3.55. The average molecular weight is 480 g/mol. The van der Waals surface area contributed by atoms with E-state index < -0.39 is 0 Å². The highest BCUT2D eigenvalue weighted by molar-refractivity contribution is 6.32. The predicted molar refractivity (Wildman–Crippen MR) is 127 cm³/mol. The van der Waals surface area contributed by atoms with Crippen molar-refractivity contribution < 1.29 is 9.53 Å². The zero-order valence-electron chi connectivity index (χ0n) is 18.4. The standard InChI is InChI=1S/C22H22ClN9O2/c1-3-19(33)26-15-6-4-5-14-13(15)7-8-18(14)32-21-17(29-30-32)11-24-22(28-21)27-16-12-25-31(20(16)23)9-10-34-2/h3-6,11-12,18H,1,7-10H2,2H3,(H,26,33)(H,24,27,28). The quantitative estimate of drug-likeness (QED) is 0.369. The van der Waals surface area contributed by atoms with E-state index in [0.717, 1.165) is 29.7 Å². The van der Waals surface area contributed by atoms with Gasteiger partial charge >= 0.3 is 0 Å². The number of halogens is 1. The molecule has 0 fully saturated rings. The van der Waals surface area contributed by atoms with E-state index in [1.165, 1.54) is 6.08 Å². The molecule has 4 aromatic rings. The maximum Gasteiger partial charge on any atom is 0.247 e. The second-order valence-corrected chi connectivity index (χ2v) is 8.11. The number of ether oxygens (including phenoxy) is 1. The second kappa shape index (κ2) is 9.20. The lowest BCUT2D eigenvalue weighted by atomic mass is 10.1. The number of methoxy groups -OCH3 is 1. The first-order valence-corrected chi connectivity index (χ1v) is 11.1. The third-order valence-electron chi connectivity index (χ3n) is 5.72. The molecule has 1 amide bonds. The van der Waals surface area contributed by atoms with Gasteiger partial charge in [-0.15, -0.1) is 5.10 Å². The van der Waals surface area contributed by atoms with Gasteiger partial charge in [0.1, 0.15) is 0 Å². The smallest absolute Gasteiger partial charge is 0.247 e. The minimum atomic E-state index is -0.240. The highest BCUT2D eigenvalue weighted by Crippen LogP contribution is 2.39. The normalized spacial score (nSPS) is 14.8. The van der Waals surface area contributed by atoms with Crippen LogP contribution in [0.4, 0.5) is 17.3 Å². The fraction of sp³-hybridized carbons (Fsp3) is 0.273. The third-order valence-corrected chi connectivity index (χ3v) is 6.12. The Hall–Kier alpha value is -3.83. The van der Waals surface area contributed by atoms with Crippen molar-refractivity contribution in [2.24, 2.45) is 0 Å². The van der Waals surface area contributed by atoms with Crippen LogP contribution < -0.4 is 10.6 Å². The molecule has 1 aliphatic carbocycles. The van der Waals surface area contributed by atoms with E-state index in [-0.39, 0.29) is 11.9 Å². The number of anilines is 3. The summed E-state index contributed by atoms with van der Waals surface area (Å²) in [7, 11) is 1.62. The number of hydrogen-bond acceptors (Lipinski definition) is 8. The highest BCUT2D eigenvalue weighted by Gasteiger charge is 2.29. The van der Waals surface area contributed by atoms with Gasteiger partial charge in [-0.3, -0.25) is 4.79 Å². The van der Waals surface area contributed by atoms with Gasteiger partial charge in [-0.25, -0.2) is 14.3 Å². The van der Waals surface area contributed by atoms with E-state index in [9.17, 15) is 4.79 Å². The molecule has 1 aliphatic rings. The zero-order chi connectivity index (χ0) is 23.7. The van der Waals surface area contributed by atoms with Gasteiger partial charge in [0.25, 0.3) is 0 Å². The molecule has 3 aromatic heterocycles. The summed E-state index contributed by atoms with van der Waals surface area (Å²) in [6, 6.07) is 5.78. The van der Waals surface area contributed by atoms with Crippen molar-refractivity contribution in [3.63, 3.8) is 0 Å². The van der Waals surface area contributed by atoms with Gasteiger partial charge in [-0.2, -0.15) is 10.1 Å². The van der Waals surface area contributed by atoms with Crippen molar-refractivity contribution >= 4 is 46.0 Å². The number of hydrogen-bond donors (Lipinski definition) is 2. The zero-order valence-corrected chi connectivity index (χ0v) is 19.2. The topological polar surface area (TPSA) is 125 Å². The van der Waals surface area contributed by atoms with Gasteiger partial charge in [0.15, 0.2) is 16.3 Å². The summed E-state index contributed by atoms with van der Waals surface area (Å²) in [5.41, 5.74) is 4.70. The van der Waals surface area contributed by atoms with Crippen LogP contribution in [0.15, 0.2) is 43.2 Å². The Morgan fingerprint density at radius 3 is 3.06 bits per heavy atom. The van der Waals surface area contributed by atoms with Gasteiger partial charge in [0.05, 0.1) is 37.3 Å². The first kappa shape index (κ1) is 22.0. The van der Waals surface area contributed by atoms with Crippen molar-refractivity contribution in [1.82, 2.24) is 34.7 Å². The van der Waals surface area contributed by atoms with Crippen LogP contribution in [0.2, 0.25) is 5.15 Å². The summed E-state index contributed by atoms with van der Waals surface area (Å²) in [6.07, 6.45) is 6.10. The molecule has 1 aromatic carbocycles. The van der Waals surface area contributed by atoms with Gasteiger partial charge in [-0.05, 0) is 36.1 Å². The van der Waals surface area contributed by atoms with Crippen molar-refractivity contribution in [2.45, 2.75) is 25.4 Å². The molecular formula is C22H22ClN9O2. The molecule has 174 valence electrons. The predicted octanol–water partition coefficient (Wildman–Crippen LogP) is 3.12. The minimum Gasteiger partial charge on any atom is -0.383 e. The fourth-order valence-electron chi connectivity index (χ4n) is 4.11. The van der Waals surface area contributed by atoms with Crippen LogP contribution in [0.25, 0.3) is 11.2 Å². The molecule has 1 unspecified atom stereocenters. The van der Waals surface area contributed by atoms with Gasteiger partial charge in [0, 0.05) is 12.8 Å². The minimum absolute atomic E-state index is 0.0660. The SMILES string of the molecule is C=CC(=O)Nc1cccc2c1CCC2n1nnc2cnc(Nc3cnn(CCOC)c3Cl)nc21. The van der Waals surface area contributed by atoms with E-state index in [1.807, 2.05) is 18.2 Å². The van der Waals surface area contributed by atoms with Gasteiger partial charge < -0.3 is 15.4 Å². The van der Waals surface area contributed by atoms with E-state index >= 15 is 0 Å². The molecule has 3 heterocycles. The molecule has 0 bridgehead atoms. The lowest BCUT2D eigenvalue weighted by Crippen LogP contribution is -2.12. The Labute approximate surface area is 199 Å². The Kier molecular flexibility index (Phi) is 5.95. The number of nitrogens with one attached hydrogen (secondary N) is 2. The number of nitrogens with zero attached hydrogens (tertiary/aromatic N) is 7. The summed E-state index contributed by atoms with van der Waals surface area (Å²) in [5.74, 6) is 0.116. The van der Waals surface area contributed by atoms with Crippen LogP contribution in [0.3, 0.4) is 0 Å². The monoisotopic (exact) mass is 479 g/mol. The lowest BCUT2D eigenvalue weighted by Gasteiger charge is -2.14. The Morgan fingerprint density at radius 2 is 2.24 bits per heavy atom. The number of fused-ring (bicyclic) bond motifs is 2. The number of carbonyl (C=O) groups is 1. The molecule has 0 saturated carbocycles. The van der Waals surface area contributed by atoms with Crippen molar-refractivity contribution in [2.75, 3.05) is 24.4 Å². The van der Waals surface area contributed by atoms with Gasteiger partial charge in [0.2, 0.25) is 11.9 Å². The number of aromatic nitrogens is 7. The maximum absolute atomic E-state index is 11.8. The molecule has 0 spiro atoms. The molecule has 0 saturated heterocycles. The van der Waals surface area contributed by atoms with Crippen LogP contribution in [0.5, 0.6) is 0 Å². The molecule has 2 N–H and O–H groups in total. The Balaban J connectivity index is 1.44. The van der Waals surface area contributed by atoms with E-state index in [4.69, 9.17) is 16.3 Å². The van der Waals surface area contributed by atoms with Crippen LogP contribution >= 0.6 is 11.6 Å².